The minimum atomic E-state index is -0.651. The van der Waals surface area contributed by atoms with E-state index in [0.717, 1.165) is 25.7 Å². The standard InChI is InChI=1S/C23H30N4O3/c24-22(30)26-18-4-1-3-17(10-18)25-20(28)19-5-2-6-27(19)21(29)23-11-14-7-15(12-23)9-16(8-14)13-23/h1,3-4,10,14-16,19H,2,5-9,11-13H2,(H,25,28)(H3,24,26,30). The number of rotatable bonds is 4. The van der Waals surface area contributed by atoms with E-state index in [1.807, 2.05) is 4.90 Å². The molecule has 4 aliphatic carbocycles. The van der Waals surface area contributed by atoms with Crippen LogP contribution >= 0.6 is 0 Å². The van der Waals surface area contributed by atoms with Gasteiger partial charge in [-0.1, -0.05) is 6.07 Å². The summed E-state index contributed by atoms with van der Waals surface area (Å²) in [7, 11) is 0. The van der Waals surface area contributed by atoms with E-state index >= 15 is 0 Å². The first-order valence-electron chi connectivity index (χ1n) is 11.2. The highest BCUT2D eigenvalue weighted by Crippen LogP contribution is 2.60. The Morgan fingerprint density at radius 1 is 0.967 bits per heavy atom. The van der Waals surface area contributed by atoms with Gasteiger partial charge >= 0.3 is 6.03 Å². The molecule has 160 valence electrons. The molecule has 1 atom stereocenters. The Bertz CT molecular complexity index is 848. The summed E-state index contributed by atoms with van der Waals surface area (Å²) in [4.78, 5) is 39.7. The second kappa shape index (κ2) is 7.29. The maximum absolute atomic E-state index is 13.7. The maximum Gasteiger partial charge on any atom is 0.316 e. The summed E-state index contributed by atoms with van der Waals surface area (Å²) in [6.07, 6.45) is 8.50. The predicted molar refractivity (Wildman–Crippen MR) is 114 cm³/mol. The highest BCUT2D eigenvalue weighted by molar-refractivity contribution is 5.99. The molecule has 7 nitrogen and oxygen atoms in total. The molecule has 1 saturated heterocycles. The third kappa shape index (κ3) is 3.44. The van der Waals surface area contributed by atoms with Gasteiger partial charge in [-0.05, 0) is 87.3 Å². The summed E-state index contributed by atoms with van der Waals surface area (Å²) in [5.74, 6) is 2.19. The summed E-state index contributed by atoms with van der Waals surface area (Å²) < 4.78 is 0. The van der Waals surface area contributed by atoms with Crippen molar-refractivity contribution in [3.05, 3.63) is 24.3 Å². The minimum Gasteiger partial charge on any atom is -0.351 e. The van der Waals surface area contributed by atoms with Crippen LogP contribution in [0, 0.1) is 23.2 Å². The van der Waals surface area contributed by atoms with Crippen molar-refractivity contribution < 1.29 is 14.4 Å². The van der Waals surface area contributed by atoms with Crippen LogP contribution in [-0.2, 0) is 9.59 Å². The van der Waals surface area contributed by atoms with Crippen LogP contribution in [0.25, 0.3) is 0 Å². The molecule has 1 aromatic rings. The lowest BCUT2D eigenvalue weighted by Gasteiger charge is -2.56. The van der Waals surface area contributed by atoms with Crippen molar-refractivity contribution in [1.82, 2.24) is 4.90 Å². The number of urea groups is 1. The van der Waals surface area contributed by atoms with Gasteiger partial charge in [-0.2, -0.15) is 0 Å². The number of hydrogen-bond acceptors (Lipinski definition) is 3. The number of nitrogens with one attached hydrogen (secondary N) is 2. The molecule has 5 fully saturated rings. The molecule has 1 aromatic carbocycles. The van der Waals surface area contributed by atoms with E-state index in [0.29, 0.717) is 42.1 Å². The fourth-order valence-electron chi connectivity index (χ4n) is 7.00. The van der Waals surface area contributed by atoms with Crippen LogP contribution in [0.1, 0.15) is 51.4 Å². The molecular formula is C23H30N4O3. The van der Waals surface area contributed by atoms with Crippen LogP contribution in [0.3, 0.4) is 0 Å². The van der Waals surface area contributed by atoms with E-state index < -0.39 is 12.1 Å². The number of amides is 4. The summed E-state index contributed by atoms with van der Waals surface area (Å²) in [6, 6.07) is 5.82. The number of primary amides is 1. The van der Waals surface area contributed by atoms with Gasteiger partial charge in [0.1, 0.15) is 6.04 Å². The SMILES string of the molecule is NC(=O)Nc1cccc(NC(=O)C2CCCN2C(=O)C23CC4CC(CC(C4)C2)C3)c1. The van der Waals surface area contributed by atoms with Crippen molar-refractivity contribution in [3.63, 3.8) is 0 Å². The van der Waals surface area contributed by atoms with E-state index in [2.05, 4.69) is 10.6 Å². The van der Waals surface area contributed by atoms with Gasteiger partial charge in [0.15, 0.2) is 0 Å². The first-order valence-corrected chi connectivity index (χ1v) is 11.2. The fourth-order valence-corrected chi connectivity index (χ4v) is 7.00. The molecule has 1 heterocycles. The molecule has 1 aliphatic heterocycles. The number of likely N-dealkylation sites (tertiary alicyclic amines) is 1. The van der Waals surface area contributed by atoms with E-state index in [9.17, 15) is 14.4 Å². The molecule has 4 bridgehead atoms. The van der Waals surface area contributed by atoms with Gasteiger partial charge in [-0.25, -0.2) is 4.79 Å². The highest BCUT2D eigenvalue weighted by Gasteiger charge is 2.56. The lowest BCUT2D eigenvalue weighted by molar-refractivity contribution is -0.160. The van der Waals surface area contributed by atoms with Crippen molar-refractivity contribution in [3.8, 4) is 0 Å². The summed E-state index contributed by atoms with van der Waals surface area (Å²) >= 11 is 0. The molecule has 0 spiro atoms. The van der Waals surface area contributed by atoms with Gasteiger partial charge in [0, 0.05) is 17.9 Å². The van der Waals surface area contributed by atoms with Crippen LogP contribution in [0.4, 0.5) is 16.2 Å². The number of nitrogens with zero attached hydrogens (tertiary/aromatic N) is 1. The average molecular weight is 411 g/mol. The number of hydrogen-bond donors (Lipinski definition) is 3. The molecule has 4 saturated carbocycles. The second-order valence-corrected chi connectivity index (χ2v) is 9.91. The van der Waals surface area contributed by atoms with Gasteiger partial charge in [-0.3, -0.25) is 9.59 Å². The fraction of sp³-hybridized carbons (Fsp3) is 0.609. The zero-order valence-electron chi connectivity index (χ0n) is 17.2. The van der Waals surface area contributed by atoms with E-state index in [1.54, 1.807) is 24.3 Å². The van der Waals surface area contributed by atoms with Crippen molar-refractivity contribution in [2.45, 2.75) is 57.4 Å². The van der Waals surface area contributed by atoms with E-state index in [4.69, 9.17) is 5.73 Å². The number of nitrogens with two attached hydrogens (primary N) is 1. The molecule has 7 heteroatoms. The molecular weight excluding hydrogens is 380 g/mol. The molecule has 30 heavy (non-hydrogen) atoms. The monoisotopic (exact) mass is 410 g/mol. The molecule has 1 unspecified atom stereocenters. The molecule has 0 radical (unpaired) electrons. The quantitative estimate of drug-likeness (QED) is 0.709. The van der Waals surface area contributed by atoms with E-state index in [1.165, 1.54) is 19.3 Å². The Kier molecular flexibility index (Phi) is 4.71. The lowest BCUT2D eigenvalue weighted by atomic mass is 9.49. The smallest absolute Gasteiger partial charge is 0.316 e. The highest BCUT2D eigenvalue weighted by atomic mass is 16.2. The van der Waals surface area contributed by atoms with Gasteiger partial charge in [0.25, 0.3) is 0 Å². The van der Waals surface area contributed by atoms with Crippen LogP contribution in [-0.4, -0.2) is 35.3 Å². The van der Waals surface area contributed by atoms with Gasteiger partial charge < -0.3 is 21.3 Å². The van der Waals surface area contributed by atoms with Crippen molar-refractivity contribution >= 4 is 29.2 Å². The first-order chi connectivity index (χ1) is 14.4. The number of carbonyl (C=O) groups excluding carboxylic acids is 3. The Balaban J connectivity index is 1.30. The first kappa shape index (κ1) is 19.4. The van der Waals surface area contributed by atoms with Crippen molar-refractivity contribution in [1.29, 1.82) is 0 Å². The van der Waals surface area contributed by atoms with Crippen molar-refractivity contribution in [2.75, 3.05) is 17.2 Å². The molecule has 4 amide bonds. The Labute approximate surface area is 176 Å². The van der Waals surface area contributed by atoms with Gasteiger partial charge in [0.2, 0.25) is 11.8 Å². The number of anilines is 2. The Morgan fingerprint density at radius 3 is 2.17 bits per heavy atom. The largest absolute Gasteiger partial charge is 0.351 e. The average Bonchev–Trinajstić information content (AvgIpc) is 3.16. The Hall–Kier alpha value is -2.57. The van der Waals surface area contributed by atoms with Crippen molar-refractivity contribution in [2.24, 2.45) is 28.9 Å². The summed E-state index contributed by atoms with van der Waals surface area (Å²) in [5, 5.41) is 5.44. The third-order valence-corrected chi connectivity index (χ3v) is 7.71. The van der Waals surface area contributed by atoms with Crippen LogP contribution in [0.2, 0.25) is 0 Å². The maximum atomic E-state index is 13.7. The van der Waals surface area contributed by atoms with Crippen LogP contribution in [0.15, 0.2) is 24.3 Å². The normalized spacial score (nSPS) is 34.1. The molecule has 0 aromatic heterocycles. The van der Waals surface area contributed by atoms with Crippen LogP contribution in [0.5, 0.6) is 0 Å². The van der Waals surface area contributed by atoms with Gasteiger partial charge in [0.05, 0.1) is 5.41 Å². The van der Waals surface area contributed by atoms with Crippen LogP contribution < -0.4 is 16.4 Å². The third-order valence-electron chi connectivity index (χ3n) is 7.71. The predicted octanol–water partition coefficient (Wildman–Crippen LogP) is 3.32. The second-order valence-electron chi connectivity index (χ2n) is 9.91. The lowest BCUT2D eigenvalue weighted by Crippen LogP contribution is -2.56. The van der Waals surface area contributed by atoms with E-state index in [-0.39, 0.29) is 17.2 Å². The summed E-state index contributed by atoms with van der Waals surface area (Å²) in [5.41, 5.74) is 6.05. The molecule has 5 aliphatic rings. The van der Waals surface area contributed by atoms with Gasteiger partial charge in [-0.15, -0.1) is 0 Å². The minimum absolute atomic E-state index is 0.151. The summed E-state index contributed by atoms with van der Waals surface area (Å²) in [6.45, 7) is 0.669. The Morgan fingerprint density at radius 2 is 1.57 bits per heavy atom. The zero-order valence-corrected chi connectivity index (χ0v) is 17.2. The zero-order chi connectivity index (χ0) is 20.9. The number of benzene rings is 1. The number of carbonyl (C=O) groups is 3. The molecule has 4 N–H and O–H groups in total. The topological polar surface area (TPSA) is 105 Å². The molecule has 6 rings (SSSR count).